The Bertz CT molecular complexity index is 394. The van der Waals surface area contributed by atoms with Crippen molar-refractivity contribution in [3.8, 4) is 11.5 Å². The van der Waals surface area contributed by atoms with Crippen molar-refractivity contribution in [1.82, 2.24) is 10.6 Å². The van der Waals surface area contributed by atoms with Crippen molar-refractivity contribution in [3.63, 3.8) is 0 Å². The highest BCUT2D eigenvalue weighted by atomic mass is 16.5. The van der Waals surface area contributed by atoms with Gasteiger partial charge in [-0.05, 0) is 24.6 Å². The van der Waals surface area contributed by atoms with E-state index in [2.05, 4.69) is 10.6 Å². The molecule has 0 atom stereocenters. The fourth-order valence-electron chi connectivity index (χ4n) is 1.51. The number of benzene rings is 1. The largest absolute Gasteiger partial charge is 0.493 e. The van der Waals surface area contributed by atoms with Crippen molar-refractivity contribution in [3.05, 3.63) is 23.8 Å². The zero-order valence-electron chi connectivity index (χ0n) is 11.1. The molecule has 100 valence electrons. The molecule has 0 radical (unpaired) electrons. The third-order valence-electron chi connectivity index (χ3n) is 2.42. The summed E-state index contributed by atoms with van der Waals surface area (Å²) in [6.45, 7) is 3.44. The Labute approximate surface area is 107 Å². The number of rotatable bonds is 7. The quantitative estimate of drug-likeness (QED) is 0.758. The van der Waals surface area contributed by atoms with Crippen molar-refractivity contribution in [2.45, 2.75) is 13.5 Å². The van der Waals surface area contributed by atoms with Crippen molar-refractivity contribution in [2.75, 3.05) is 27.3 Å². The molecule has 1 aromatic rings. The number of carbonyl (C=O) groups excluding carboxylic acids is 1. The van der Waals surface area contributed by atoms with E-state index < -0.39 is 0 Å². The van der Waals surface area contributed by atoms with Gasteiger partial charge in [0.15, 0.2) is 11.5 Å². The van der Waals surface area contributed by atoms with Crippen LogP contribution in [0.5, 0.6) is 11.5 Å². The number of likely N-dealkylation sites (N-methyl/N-ethyl adjacent to an activating group) is 1. The number of hydrogen-bond donors (Lipinski definition) is 2. The van der Waals surface area contributed by atoms with Gasteiger partial charge in [0.25, 0.3) is 0 Å². The van der Waals surface area contributed by atoms with E-state index in [9.17, 15) is 4.79 Å². The number of ether oxygens (including phenoxy) is 2. The average molecular weight is 252 g/mol. The molecule has 0 aliphatic heterocycles. The molecule has 18 heavy (non-hydrogen) atoms. The van der Waals surface area contributed by atoms with Crippen LogP contribution >= 0.6 is 0 Å². The van der Waals surface area contributed by atoms with Crippen molar-refractivity contribution < 1.29 is 14.3 Å². The molecule has 0 aromatic heterocycles. The standard InChI is InChI=1S/C13H20N2O3/c1-4-18-11-6-5-10(7-12(11)17-3)8-15-9-13(16)14-2/h5-7,15H,4,8-9H2,1-3H3,(H,14,16). The van der Waals surface area contributed by atoms with Crippen LogP contribution in [-0.2, 0) is 11.3 Å². The number of methoxy groups -OCH3 is 1. The first kappa shape index (κ1) is 14.3. The fourth-order valence-corrected chi connectivity index (χ4v) is 1.51. The van der Waals surface area contributed by atoms with Crippen LogP contribution in [-0.4, -0.2) is 33.2 Å². The van der Waals surface area contributed by atoms with Crippen LogP contribution < -0.4 is 20.1 Å². The van der Waals surface area contributed by atoms with E-state index in [1.165, 1.54) is 0 Å². The molecule has 5 heteroatoms. The topological polar surface area (TPSA) is 59.6 Å². The fraction of sp³-hybridized carbons (Fsp3) is 0.462. The van der Waals surface area contributed by atoms with Gasteiger partial charge in [0.2, 0.25) is 5.91 Å². The summed E-state index contributed by atoms with van der Waals surface area (Å²) in [6, 6.07) is 5.73. The van der Waals surface area contributed by atoms with Gasteiger partial charge in [-0.2, -0.15) is 0 Å². The summed E-state index contributed by atoms with van der Waals surface area (Å²) in [5.41, 5.74) is 1.04. The van der Waals surface area contributed by atoms with Crippen LogP contribution in [0.4, 0.5) is 0 Å². The lowest BCUT2D eigenvalue weighted by Crippen LogP contribution is -2.30. The number of amides is 1. The Morgan fingerprint density at radius 3 is 2.72 bits per heavy atom. The number of hydrogen-bond acceptors (Lipinski definition) is 4. The van der Waals surface area contributed by atoms with Crippen LogP contribution in [0.15, 0.2) is 18.2 Å². The Hall–Kier alpha value is -1.75. The van der Waals surface area contributed by atoms with Crippen LogP contribution in [0.1, 0.15) is 12.5 Å². The van der Waals surface area contributed by atoms with E-state index in [4.69, 9.17) is 9.47 Å². The highest BCUT2D eigenvalue weighted by molar-refractivity contribution is 5.77. The van der Waals surface area contributed by atoms with Gasteiger partial charge < -0.3 is 20.1 Å². The third kappa shape index (κ3) is 4.25. The zero-order chi connectivity index (χ0) is 13.4. The van der Waals surface area contributed by atoms with E-state index in [0.29, 0.717) is 25.4 Å². The van der Waals surface area contributed by atoms with E-state index in [0.717, 1.165) is 11.3 Å². The Morgan fingerprint density at radius 2 is 2.11 bits per heavy atom. The van der Waals surface area contributed by atoms with Gasteiger partial charge in [0, 0.05) is 13.6 Å². The maximum atomic E-state index is 11.0. The van der Waals surface area contributed by atoms with E-state index >= 15 is 0 Å². The Morgan fingerprint density at radius 1 is 1.33 bits per heavy atom. The Kier molecular flexibility index (Phi) is 6.00. The molecule has 0 bridgehead atoms. The second-order valence-corrected chi connectivity index (χ2v) is 3.69. The minimum absolute atomic E-state index is 0.0344. The Balaban J connectivity index is 2.59. The first-order chi connectivity index (χ1) is 8.71. The predicted octanol–water partition coefficient (Wildman–Crippen LogP) is 0.929. The van der Waals surface area contributed by atoms with Crippen molar-refractivity contribution in [1.29, 1.82) is 0 Å². The first-order valence-corrected chi connectivity index (χ1v) is 5.92. The van der Waals surface area contributed by atoms with Gasteiger partial charge in [-0.15, -0.1) is 0 Å². The molecule has 1 amide bonds. The van der Waals surface area contributed by atoms with Crippen molar-refractivity contribution >= 4 is 5.91 Å². The lowest BCUT2D eigenvalue weighted by molar-refractivity contribution is -0.119. The lowest BCUT2D eigenvalue weighted by Gasteiger charge is -2.11. The maximum absolute atomic E-state index is 11.0. The predicted molar refractivity (Wildman–Crippen MR) is 69.9 cm³/mol. The van der Waals surface area contributed by atoms with Gasteiger partial charge in [-0.25, -0.2) is 0 Å². The molecule has 0 spiro atoms. The molecule has 1 aromatic carbocycles. The van der Waals surface area contributed by atoms with Gasteiger partial charge in [-0.3, -0.25) is 4.79 Å². The van der Waals surface area contributed by atoms with E-state index in [1.54, 1.807) is 14.2 Å². The molecule has 1 rings (SSSR count). The van der Waals surface area contributed by atoms with Crippen LogP contribution in [0.25, 0.3) is 0 Å². The van der Waals surface area contributed by atoms with E-state index in [1.807, 2.05) is 25.1 Å². The minimum Gasteiger partial charge on any atom is -0.493 e. The normalized spacial score (nSPS) is 9.94. The molecule has 0 aliphatic rings. The zero-order valence-corrected chi connectivity index (χ0v) is 11.1. The molecule has 0 saturated carbocycles. The van der Waals surface area contributed by atoms with Crippen LogP contribution in [0.3, 0.4) is 0 Å². The highest BCUT2D eigenvalue weighted by Crippen LogP contribution is 2.27. The molecule has 0 aliphatic carbocycles. The summed E-state index contributed by atoms with van der Waals surface area (Å²) >= 11 is 0. The number of carbonyl (C=O) groups is 1. The smallest absolute Gasteiger partial charge is 0.233 e. The molecular weight excluding hydrogens is 232 g/mol. The average Bonchev–Trinajstić information content (AvgIpc) is 2.40. The summed E-state index contributed by atoms with van der Waals surface area (Å²) in [7, 11) is 3.23. The SMILES string of the molecule is CCOc1ccc(CNCC(=O)NC)cc1OC. The summed E-state index contributed by atoms with van der Waals surface area (Å²) in [5, 5.41) is 5.60. The molecule has 0 unspecified atom stereocenters. The van der Waals surface area contributed by atoms with Gasteiger partial charge in [0.1, 0.15) is 0 Å². The summed E-state index contributed by atoms with van der Waals surface area (Å²) < 4.78 is 10.7. The molecule has 2 N–H and O–H groups in total. The summed E-state index contributed by atoms with van der Waals surface area (Å²) in [5.74, 6) is 1.40. The second kappa shape index (κ2) is 7.55. The summed E-state index contributed by atoms with van der Waals surface area (Å²) in [4.78, 5) is 11.0. The molecule has 0 saturated heterocycles. The summed E-state index contributed by atoms with van der Waals surface area (Å²) in [6.07, 6.45) is 0. The maximum Gasteiger partial charge on any atom is 0.233 e. The molecule has 0 fully saturated rings. The van der Waals surface area contributed by atoms with Gasteiger partial charge in [0.05, 0.1) is 20.3 Å². The van der Waals surface area contributed by atoms with Crippen LogP contribution in [0, 0.1) is 0 Å². The molecule has 5 nitrogen and oxygen atoms in total. The first-order valence-electron chi connectivity index (χ1n) is 5.92. The highest BCUT2D eigenvalue weighted by Gasteiger charge is 2.05. The van der Waals surface area contributed by atoms with Gasteiger partial charge in [-0.1, -0.05) is 6.07 Å². The minimum atomic E-state index is -0.0344. The van der Waals surface area contributed by atoms with Gasteiger partial charge >= 0.3 is 0 Å². The third-order valence-corrected chi connectivity index (χ3v) is 2.42. The lowest BCUT2D eigenvalue weighted by atomic mass is 10.2. The van der Waals surface area contributed by atoms with E-state index in [-0.39, 0.29) is 5.91 Å². The van der Waals surface area contributed by atoms with Crippen LogP contribution in [0.2, 0.25) is 0 Å². The second-order valence-electron chi connectivity index (χ2n) is 3.69. The van der Waals surface area contributed by atoms with Crippen molar-refractivity contribution in [2.24, 2.45) is 0 Å². The monoisotopic (exact) mass is 252 g/mol. The molecular formula is C13H20N2O3. The molecule has 0 heterocycles. The number of nitrogens with one attached hydrogen (secondary N) is 2.